The van der Waals surface area contributed by atoms with Crippen LogP contribution in [0.3, 0.4) is 0 Å². The van der Waals surface area contributed by atoms with E-state index in [1.165, 1.54) is 12.1 Å². The largest absolute Gasteiger partial charge is 0.318 e. The number of H-pyrrole nitrogens is 1. The van der Waals surface area contributed by atoms with Crippen LogP contribution in [0.25, 0.3) is 0 Å². The van der Waals surface area contributed by atoms with E-state index >= 15 is 0 Å². The maximum Gasteiger partial charge on any atom is 0.276 e. The molecule has 0 radical (unpaired) electrons. The first-order valence-electron chi connectivity index (χ1n) is 5.06. The molecule has 0 bridgehead atoms. The van der Waals surface area contributed by atoms with Gasteiger partial charge in [-0.25, -0.2) is 10.1 Å². The summed E-state index contributed by atoms with van der Waals surface area (Å²) in [5.41, 5.74) is 0.931. The lowest BCUT2D eigenvalue weighted by Crippen LogP contribution is -2.18. The van der Waals surface area contributed by atoms with E-state index in [4.69, 9.17) is 11.6 Å². The third-order valence-electron chi connectivity index (χ3n) is 2.26. The standard InChI is InChI=1S/C11H9ClN4O2/c1-6-4-5-13-10(12)9(6)14-11(18)7-2-3-8(17)16-15-7/h2-5H,1H3,(H,14,18)(H,16,17). The molecule has 7 heteroatoms. The number of nitrogens with one attached hydrogen (secondary N) is 2. The number of amides is 1. The van der Waals surface area contributed by atoms with E-state index in [0.29, 0.717) is 5.69 Å². The van der Waals surface area contributed by atoms with E-state index in [9.17, 15) is 9.59 Å². The Morgan fingerprint density at radius 3 is 2.78 bits per heavy atom. The average Bonchev–Trinajstić information content (AvgIpc) is 2.34. The highest BCUT2D eigenvalue weighted by Gasteiger charge is 2.12. The van der Waals surface area contributed by atoms with Crippen LogP contribution in [0, 0.1) is 6.92 Å². The van der Waals surface area contributed by atoms with Crippen molar-refractivity contribution in [1.29, 1.82) is 0 Å². The highest BCUT2D eigenvalue weighted by atomic mass is 35.5. The predicted molar refractivity (Wildman–Crippen MR) is 66.8 cm³/mol. The zero-order valence-electron chi connectivity index (χ0n) is 9.40. The number of halogens is 1. The van der Waals surface area contributed by atoms with Crippen LogP contribution in [0.5, 0.6) is 0 Å². The lowest BCUT2D eigenvalue weighted by molar-refractivity contribution is 0.102. The van der Waals surface area contributed by atoms with Gasteiger partial charge in [-0.1, -0.05) is 11.6 Å². The van der Waals surface area contributed by atoms with Gasteiger partial charge < -0.3 is 5.32 Å². The van der Waals surface area contributed by atoms with Crippen LogP contribution >= 0.6 is 11.6 Å². The Balaban J connectivity index is 2.27. The van der Waals surface area contributed by atoms with Gasteiger partial charge in [-0.15, -0.1) is 0 Å². The molecule has 92 valence electrons. The number of aryl methyl sites for hydroxylation is 1. The summed E-state index contributed by atoms with van der Waals surface area (Å²) in [7, 11) is 0. The Bertz CT molecular complexity index is 613. The van der Waals surface area contributed by atoms with Crippen molar-refractivity contribution in [2.45, 2.75) is 6.92 Å². The summed E-state index contributed by atoms with van der Waals surface area (Å²) in [6.07, 6.45) is 1.55. The van der Waals surface area contributed by atoms with Gasteiger partial charge in [0.1, 0.15) is 5.69 Å². The van der Waals surface area contributed by atoms with Crippen molar-refractivity contribution >= 4 is 23.2 Å². The Morgan fingerprint density at radius 1 is 1.39 bits per heavy atom. The van der Waals surface area contributed by atoms with Gasteiger partial charge in [-0.05, 0) is 24.6 Å². The van der Waals surface area contributed by atoms with Crippen LogP contribution in [0.4, 0.5) is 5.69 Å². The second-order valence-corrected chi connectivity index (χ2v) is 3.91. The van der Waals surface area contributed by atoms with Crippen LogP contribution in [-0.2, 0) is 0 Å². The maximum atomic E-state index is 11.8. The normalized spacial score (nSPS) is 10.1. The zero-order valence-corrected chi connectivity index (χ0v) is 10.2. The minimum atomic E-state index is -0.468. The molecule has 2 aromatic rings. The molecular weight excluding hydrogens is 256 g/mol. The smallest absolute Gasteiger partial charge is 0.276 e. The summed E-state index contributed by atoms with van der Waals surface area (Å²) < 4.78 is 0. The molecule has 1 amide bonds. The molecule has 0 saturated carbocycles. The Hall–Kier alpha value is -2.21. The zero-order chi connectivity index (χ0) is 13.1. The number of pyridine rings is 1. The number of hydrogen-bond donors (Lipinski definition) is 2. The number of aromatic nitrogens is 3. The van der Waals surface area contributed by atoms with Crippen molar-refractivity contribution in [1.82, 2.24) is 15.2 Å². The fourth-order valence-corrected chi connectivity index (χ4v) is 1.58. The van der Waals surface area contributed by atoms with Crippen molar-refractivity contribution in [3.63, 3.8) is 0 Å². The van der Waals surface area contributed by atoms with E-state index in [1.54, 1.807) is 19.2 Å². The summed E-state index contributed by atoms with van der Waals surface area (Å²) >= 11 is 5.88. The second-order valence-electron chi connectivity index (χ2n) is 3.55. The van der Waals surface area contributed by atoms with Gasteiger partial charge in [-0.2, -0.15) is 5.10 Å². The Labute approximate surface area is 107 Å². The minimum absolute atomic E-state index is 0.0916. The van der Waals surface area contributed by atoms with Crippen molar-refractivity contribution in [3.05, 3.63) is 51.2 Å². The number of rotatable bonds is 2. The molecule has 0 aromatic carbocycles. The summed E-state index contributed by atoms with van der Waals surface area (Å²) in [5.74, 6) is -0.468. The number of nitrogens with zero attached hydrogens (tertiary/aromatic N) is 2. The van der Waals surface area contributed by atoms with Crippen LogP contribution in [0.2, 0.25) is 5.15 Å². The highest BCUT2D eigenvalue weighted by Crippen LogP contribution is 2.22. The van der Waals surface area contributed by atoms with E-state index in [0.717, 1.165) is 5.56 Å². The molecule has 0 atom stereocenters. The van der Waals surface area contributed by atoms with Gasteiger partial charge in [0.05, 0.1) is 5.69 Å². The SMILES string of the molecule is Cc1ccnc(Cl)c1NC(=O)c1ccc(=O)[nH]n1. The lowest BCUT2D eigenvalue weighted by Gasteiger charge is -2.08. The third-order valence-corrected chi connectivity index (χ3v) is 2.55. The predicted octanol–water partition coefficient (Wildman–Crippen LogP) is 1.38. The fourth-order valence-electron chi connectivity index (χ4n) is 1.32. The molecule has 2 heterocycles. The molecule has 2 N–H and O–H groups in total. The first-order valence-corrected chi connectivity index (χ1v) is 5.44. The van der Waals surface area contributed by atoms with E-state index < -0.39 is 5.91 Å². The third kappa shape index (κ3) is 2.54. The first-order chi connectivity index (χ1) is 8.58. The van der Waals surface area contributed by atoms with Gasteiger partial charge in [0.15, 0.2) is 5.15 Å². The van der Waals surface area contributed by atoms with Crippen molar-refractivity contribution < 1.29 is 4.79 Å². The quantitative estimate of drug-likeness (QED) is 0.802. The highest BCUT2D eigenvalue weighted by molar-refractivity contribution is 6.32. The molecule has 0 spiro atoms. The van der Waals surface area contributed by atoms with Crippen molar-refractivity contribution in [3.8, 4) is 0 Å². The van der Waals surface area contributed by atoms with E-state index in [2.05, 4.69) is 20.5 Å². The maximum absolute atomic E-state index is 11.8. The second kappa shape index (κ2) is 4.97. The summed E-state index contributed by atoms with van der Waals surface area (Å²) in [6, 6.07) is 4.27. The first kappa shape index (κ1) is 12.3. The fraction of sp³-hybridized carbons (Fsp3) is 0.0909. The summed E-state index contributed by atoms with van der Waals surface area (Å²) in [4.78, 5) is 26.6. The van der Waals surface area contributed by atoms with Crippen LogP contribution in [0.15, 0.2) is 29.2 Å². The van der Waals surface area contributed by atoms with E-state index in [-0.39, 0.29) is 16.4 Å². The van der Waals surface area contributed by atoms with Crippen LogP contribution < -0.4 is 10.9 Å². The number of anilines is 1. The Morgan fingerprint density at radius 2 is 2.17 bits per heavy atom. The molecular formula is C11H9ClN4O2. The van der Waals surface area contributed by atoms with Gasteiger partial charge >= 0.3 is 0 Å². The van der Waals surface area contributed by atoms with Crippen LogP contribution in [0.1, 0.15) is 16.1 Å². The lowest BCUT2D eigenvalue weighted by atomic mass is 10.2. The topological polar surface area (TPSA) is 87.7 Å². The number of aromatic amines is 1. The number of carbonyl (C=O) groups is 1. The molecule has 6 nitrogen and oxygen atoms in total. The summed E-state index contributed by atoms with van der Waals surface area (Å²) in [6.45, 7) is 1.80. The Kier molecular flexibility index (Phi) is 3.38. The molecule has 0 aliphatic carbocycles. The molecule has 0 unspecified atom stereocenters. The summed E-state index contributed by atoms with van der Waals surface area (Å²) in [5, 5.41) is 8.60. The molecule has 0 saturated heterocycles. The number of hydrogen-bond acceptors (Lipinski definition) is 4. The van der Waals surface area contributed by atoms with Crippen molar-refractivity contribution in [2.24, 2.45) is 0 Å². The molecule has 0 aliphatic heterocycles. The molecule has 2 aromatic heterocycles. The van der Waals surface area contributed by atoms with Gasteiger partial charge in [0.2, 0.25) is 0 Å². The monoisotopic (exact) mass is 264 g/mol. The number of carbonyl (C=O) groups excluding carboxylic acids is 1. The van der Waals surface area contributed by atoms with Crippen molar-refractivity contribution in [2.75, 3.05) is 5.32 Å². The molecule has 18 heavy (non-hydrogen) atoms. The van der Waals surface area contributed by atoms with Crippen LogP contribution in [-0.4, -0.2) is 21.1 Å². The molecule has 0 aliphatic rings. The van der Waals surface area contributed by atoms with Gasteiger partial charge in [0.25, 0.3) is 11.5 Å². The average molecular weight is 265 g/mol. The molecule has 0 fully saturated rings. The van der Waals surface area contributed by atoms with Gasteiger partial charge in [0, 0.05) is 12.3 Å². The molecule has 2 rings (SSSR count). The van der Waals surface area contributed by atoms with Gasteiger partial charge in [-0.3, -0.25) is 9.59 Å². The van der Waals surface area contributed by atoms with E-state index in [1.807, 2.05) is 0 Å². The minimum Gasteiger partial charge on any atom is -0.318 e.